The molecule has 0 aliphatic heterocycles. The molecule has 0 spiro atoms. The highest BCUT2D eigenvalue weighted by Gasteiger charge is 2.08. The monoisotopic (exact) mass is 195 g/mol. The molecule has 0 aliphatic carbocycles. The van der Waals surface area contributed by atoms with Crippen molar-refractivity contribution in [3.63, 3.8) is 0 Å². The van der Waals surface area contributed by atoms with Gasteiger partial charge in [0.1, 0.15) is 0 Å². The van der Waals surface area contributed by atoms with E-state index in [1.165, 1.54) is 0 Å². The summed E-state index contributed by atoms with van der Waals surface area (Å²) in [6.07, 6.45) is 0.839. The summed E-state index contributed by atoms with van der Waals surface area (Å²) < 4.78 is 5.15. The molecule has 0 heterocycles. The van der Waals surface area contributed by atoms with Crippen molar-refractivity contribution >= 4 is 5.97 Å². The Labute approximate surface area is 84.7 Å². The minimum atomic E-state index is -0.241. The number of esters is 1. The Morgan fingerprint density at radius 1 is 1.36 bits per heavy atom. The van der Waals surface area contributed by atoms with Gasteiger partial charge in [0, 0.05) is 0 Å². The first-order chi connectivity index (χ1) is 6.24. The van der Waals surface area contributed by atoms with E-state index >= 15 is 0 Å². The average molecular weight is 195 g/mol. The van der Waals surface area contributed by atoms with Crippen molar-refractivity contribution in [2.75, 3.05) is 0 Å². The standard InChI is InChI=1S/C11H14O2.H3N/c1-3-9(2)13-11(12)10-7-5-4-6-8-10;/h4-9H,3H2,1-2H3;1H3. The van der Waals surface area contributed by atoms with Crippen LogP contribution in [0.5, 0.6) is 0 Å². The number of carbonyl (C=O) groups is 1. The van der Waals surface area contributed by atoms with Crippen molar-refractivity contribution in [3.05, 3.63) is 35.9 Å². The third-order valence-corrected chi connectivity index (χ3v) is 1.89. The Hall–Kier alpha value is -1.35. The quantitative estimate of drug-likeness (QED) is 0.754. The minimum absolute atomic E-state index is 0. The second kappa shape index (κ2) is 6.16. The maximum atomic E-state index is 11.4. The van der Waals surface area contributed by atoms with Crippen LogP contribution in [0.15, 0.2) is 30.3 Å². The van der Waals surface area contributed by atoms with Gasteiger partial charge in [-0.1, -0.05) is 25.1 Å². The first-order valence-electron chi connectivity index (χ1n) is 4.50. The Morgan fingerprint density at radius 2 is 1.93 bits per heavy atom. The zero-order valence-corrected chi connectivity index (χ0v) is 8.69. The van der Waals surface area contributed by atoms with Crippen molar-refractivity contribution in [1.82, 2.24) is 6.15 Å². The van der Waals surface area contributed by atoms with E-state index in [0.29, 0.717) is 5.56 Å². The van der Waals surface area contributed by atoms with Crippen molar-refractivity contribution in [1.29, 1.82) is 0 Å². The van der Waals surface area contributed by atoms with Crippen molar-refractivity contribution < 1.29 is 9.53 Å². The highest BCUT2D eigenvalue weighted by atomic mass is 16.5. The van der Waals surface area contributed by atoms with Crippen LogP contribution < -0.4 is 6.15 Å². The molecular weight excluding hydrogens is 178 g/mol. The number of ether oxygens (including phenoxy) is 1. The third-order valence-electron chi connectivity index (χ3n) is 1.89. The molecule has 0 amide bonds. The molecule has 0 saturated heterocycles. The van der Waals surface area contributed by atoms with Crippen LogP contribution in [0.4, 0.5) is 0 Å². The van der Waals surface area contributed by atoms with Gasteiger partial charge in [-0.2, -0.15) is 0 Å². The van der Waals surface area contributed by atoms with E-state index in [4.69, 9.17) is 4.74 Å². The molecule has 0 saturated carbocycles. The van der Waals surface area contributed by atoms with E-state index in [2.05, 4.69) is 0 Å². The Kier molecular flexibility index (Phi) is 5.56. The molecule has 1 aromatic carbocycles. The molecule has 0 bridgehead atoms. The number of rotatable bonds is 3. The zero-order chi connectivity index (χ0) is 9.68. The molecule has 14 heavy (non-hydrogen) atoms. The first kappa shape index (κ1) is 12.7. The minimum Gasteiger partial charge on any atom is -0.459 e. The van der Waals surface area contributed by atoms with Crippen molar-refractivity contribution in [2.45, 2.75) is 26.4 Å². The molecule has 1 aromatic rings. The lowest BCUT2D eigenvalue weighted by molar-refractivity contribution is 0.0334. The average Bonchev–Trinajstić information content (AvgIpc) is 2.19. The lowest BCUT2D eigenvalue weighted by Gasteiger charge is -2.10. The van der Waals surface area contributed by atoms with Gasteiger partial charge >= 0.3 is 5.97 Å². The fourth-order valence-electron chi connectivity index (χ4n) is 0.908. The van der Waals surface area contributed by atoms with Gasteiger partial charge in [0.15, 0.2) is 0 Å². The van der Waals surface area contributed by atoms with Crippen LogP contribution in [-0.4, -0.2) is 12.1 Å². The molecule has 3 N–H and O–H groups in total. The van der Waals surface area contributed by atoms with Crippen LogP contribution in [0.1, 0.15) is 30.6 Å². The summed E-state index contributed by atoms with van der Waals surface area (Å²) in [6, 6.07) is 9.04. The predicted molar refractivity (Wildman–Crippen MR) is 56.6 cm³/mol. The summed E-state index contributed by atoms with van der Waals surface area (Å²) in [5.74, 6) is -0.241. The molecule has 1 atom stereocenters. The first-order valence-corrected chi connectivity index (χ1v) is 4.50. The van der Waals surface area contributed by atoms with Crippen LogP contribution in [0.3, 0.4) is 0 Å². The van der Waals surface area contributed by atoms with Crippen LogP contribution in [0.2, 0.25) is 0 Å². The second-order valence-corrected chi connectivity index (χ2v) is 2.99. The molecule has 1 unspecified atom stereocenters. The number of carbonyl (C=O) groups excluding carboxylic acids is 1. The van der Waals surface area contributed by atoms with Gasteiger partial charge in [-0.05, 0) is 25.5 Å². The van der Waals surface area contributed by atoms with E-state index in [1.807, 2.05) is 32.0 Å². The van der Waals surface area contributed by atoms with Gasteiger partial charge in [-0.15, -0.1) is 0 Å². The van der Waals surface area contributed by atoms with E-state index < -0.39 is 0 Å². The SMILES string of the molecule is CCC(C)OC(=O)c1ccccc1.N. The van der Waals surface area contributed by atoms with Gasteiger partial charge in [0.2, 0.25) is 0 Å². The topological polar surface area (TPSA) is 61.3 Å². The van der Waals surface area contributed by atoms with Crippen LogP contribution in [0, 0.1) is 0 Å². The summed E-state index contributed by atoms with van der Waals surface area (Å²) in [7, 11) is 0. The summed E-state index contributed by atoms with van der Waals surface area (Å²) >= 11 is 0. The highest BCUT2D eigenvalue weighted by molar-refractivity contribution is 5.89. The van der Waals surface area contributed by atoms with Crippen LogP contribution in [-0.2, 0) is 4.74 Å². The van der Waals surface area contributed by atoms with Crippen LogP contribution >= 0.6 is 0 Å². The normalized spacial score (nSPS) is 11.3. The molecule has 0 radical (unpaired) electrons. The van der Waals surface area contributed by atoms with E-state index in [0.717, 1.165) is 6.42 Å². The summed E-state index contributed by atoms with van der Waals surface area (Å²) in [4.78, 5) is 11.4. The Balaban J connectivity index is 0.00000169. The lowest BCUT2D eigenvalue weighted by atomic mass is 10.2. The molecule has 1 rings (SSSR count). The maximum absolute atomic E-state index is 11.4. The molecule has 0 aromatic heterocycles. The molecule has 0 fully saturated rings. The Bertz CT molecular complexity index is 272. The Morgan fingerprint density at radius 3 is 2.43 bits per heavy atom. The lowest BCUT2D eigenvalue weighted by Crippen LogP contribution is -2.13. The smallest absolute Gasteiger partial charge is 0.338 e. The van der Waals surface area contributed by atoms with E-state index in [9.17, 15) is 4.79 Å². The molecule has 3 heteroatoms. The number of hydrogen-bond acceptors (Lipinski definition) is 3. The van der Waals surface area contributed by atoms with E-state index in [-0.39, 0.29) is 18.2 Å². The molecule has 78 valence electrons. The van der Waals surface area contributed by atoms with Crippen molar-refractivity contribution in [2.24, 2.45) is 0 Å². The van der Waals surface area contributed by atoms with Crippen molar-refractivity contribution in [3.8, 4) is 0 Å². The fraction of sp³-hybridized carbons (Fsp3) is 0.364. The molecular formula is C11H17NO2. The van der Waals surface area contributed by atoms with Gasteiger partial charge in [-0.3, -0.25) is 0 Å². The maximum Gasteiger partial charge on any atom is 0.338 e. The summed E-state index contributed by atoms with van der Waals surface area (Å²) in [5, 5.41) is 0. The zero-order valence-electron chi connectivity index (χ0n) is 8.69. The molecule has 3 nitrogen and oxygen atoms in total. The third kappa shape index (κ3) is 3.58. The number of benzene rings is 1. The van der Waals surface area contributed by atoms with Gasteiger partial charge in [-0.25, -0.2) is 4.79 Å². The summed E-state index contributed by atoms with van der Waals surface area (Å²) in [5.41, 5.74) is 0.614. The van der Waals surface area contributed by atoms with Gasteiger partial charge in [0.25, 0.3) is 0 Å². The fourth-order valence-corrected chi connectivity index (χ4v) is 0.908. The van der Waals surface area contributed by atoms with Gasteiger partial charge in [0.05, 0.1) is 11.7 Å². The van der Waals surface area contributed by atoms with Gasteiger partial charge < -0.3 is 10.9 Å². The number of hydrogen-bond donors (Lipinski definition) is 1. The predicted octanol–water partition coefficient (Wildman–Crippen LogP) is 2.80. The largest absolute Gasteiger partial charge is 0.459 e. The second-order valence-electron chi connectivity index (χ2n) is 2.99. The summed E-state index contributed by atoms with van der Waals surface area (Å²) in [6.45, 7) is 3.88. The highest BCUT2D eigenvalue weighted by Crippen LogP contribution is 2.05. The molecule has 0 aliphatic rings. The van der Waals surface area contributed by atoms with E-state index in [1.54, 1.807) is 12.1 Å². The van der Waals surface area contributed by atoms with Crippen LogP contribution in [0.25, 0.3) is 0 Å².